The van der Waals surface area contributed by atoms with E-state index in [9.17, 15) is 22.8 Å². The lowest BCUT2D eigenvalue weighted by molar-refractivity contribution is -0.137. The summed E-state index contributed by atoms with van der Waals surface area (Å²) in [7, 11) is 0. The molecule has 0 bridgehead atoms. The number of alkyl halides is 3. The van der Waals surface area contributed by atoms with Crippen molar-refractivity contribution in [3.63, 3.8) is 0 Å². The maximum absolute atomic E-state index is 13.2. The lowest BCUT2D eigenvalue weighted by Gasteiger charge is -2.33. The van der Waals surface area contributed by atoms with Crippen molar-refractivity contribution >= 4 is 23.6 Å². The molecule has 0 radical (unpaired) electrons. The van der Waals surface area contributed by atoms with Crippen molar-refractivity contribution in [2.24, 2.45) is 0 Å². The van der Waals surface area contributed by atoms with Crippen LogP contribution in [0.3, 0.4) is 0 Å². The summed E-state index contributed by atoms with van der Waals surface area (Å²) < 4.78 is 47.5. The van der Waals surface area contributed by atoms with Crippen molar-refractivity contribution in [1.29, 1.82) is 0 Å². The summed E-state index contributed by atoms with van der Waals surface area (Å²) in [5.41, 5.74) is -0.850. The number of carbonyl (C=O) groups excluding carboxylic acids is 2. The van der Waals surface area contributed by atoms with Crippen LogP contribution < -0.4 is 0 Å². The number of carbonyl (C=O) groups is 2. The van der Waals surface area contributed by atoms with Gasteiger partial charge in [-0.25, -0.2) is 4.79 Å². The SMILES string of the molecule is CC1c2nnn(-c3ccn(C(=O)OC(C)(C)C)n3)c2CCN1C(=O)c1cccc(C(F)(F)F)c1Cl. The van der Waals surface area contributed by atoms with Gasteiger partial charge in [0.15, 0.2) is 5.82 Å². The van der Waals surface area contributed by atoms with Gasteiger partial charge in [-0.3, -0.25) is 4.79 Å². The van der Waals surface area contributed by atoms with Crippen LogP contribution in [0.25, 0.3) is 5.82 Å². The molecule has 0 saturated heterocycles. The second kappa shape index (κ2) is 8.67. The fraction of sp³-hybridized carbons (Fsp3) is 0.409. The van der Waals surface area contributed by atoms with E-state index in [-0.39, 0.29) is 12.1 Å². The third-order valence-electron chi connectivity index (χ3n) is 5.41. The smallest absolute Gasteiger partial charge is 0.435 e. The average molecular weight is 511 g/mol. The number of nitrogens with zero attached hydrogens (tertiary/aromatic N) is 6. The Morgan fingerprint density at radius 2 is 1.89 bits per heavy atom. The van der Waals surface area contributed by atoms with Crippen LogP contribution in [0.1, 0.15) is 61.0 Å². The summed E-state index contributed by atoms with van der Waals surface area (Å²) in [4.78, 5) is 26.8. The minimum atomic E-state index is -4.68. The molecule has 9 nitrogen and oxygen atoms in total. The van der Waals surface area contributed by atoms with E-state index >= 15 is 0 Å². The van der Waals surface area contributed by atoms with E-state index in [4.69, 9.17) is 16.3 Å². The normalized spacial score (nSPS) is 16.2. The third kappa shape index (κ3) is 4.75. The number of rotatable bonds is 2. The first-order valence-corrected chi connectivity index (χ1v) is 11.1. The molecule has 1 amide bonds. The van der Waals surface area contributed by atoms with E-state index in [1.165, 1.54) is 21.8 Å². The molecule has 1 aliphatic rings. The highest BCUT2D eigenvalue weighted by atomic mass is 35.5. The van der Waals surface area contributed by atoms with Crippen LogP contribution in [-0.2, 0) is 17.3 Å². The first-order chi connectivity index (χ1) is 16.3. The average Bonchev–Trinajstić information content (AvgIpc) is 3.39. The van der Waals surface area contributed by atoms with Crippen molar-refractivity contribution < 1.29 is 27.5 Å². The number of hydrogen-bond donors (Lipinski definition) is 0. The molecule has 0 fully saturated rings. The first kappa shape index (κ1) is 24.7. The van der Waals surface area contributed by atoms with Gasteiger partial charge in [0.25, 0.3) is 5.91 Å². The standard InChI is InChI=1S/C22H22ClF3N6O3/c1-12-18-15(32(29-27-18)16-9-11-31(28-16)20(34)35-21(2,3)4)8-10-30(12)19(33)13-6-5-7-14(17(13)23)22(24,25)26/h5-7,9,11-12H,8,10H2,1-4H3. The molecular weight excluding hydrogens is 489 g/mol. The molecule has 0 N–H and O–H groups in total. The molecule has 0 aliphatic carbocycles. The molecule has 186 valence electrons. The second-order valence-corrected chi connectivity index (χ2v) is 9.40. The second-order valence-electron chi connectivity index (χ2n) is 9.02. The summed E-state index contributed by atoms with van der Waals surface area (Å²) >= 11 is 5.96. The van der Waals surface area contributed by atoms with Crippen molar-refractivity contribution in [2.75, 3.05) is 6.54 Å². The molecular formula is C22H22ClF3N6O3. The first-order valence-electron chi connectivity index (χ1n) is 10.7. The summed E-state index contributed by atoms with van der Waals surface area (Å²) in [5.74, 6) is -0.305. The largest absolute Gasteiger partial charge is 0.442 e. The van der Waals surface area contributed by atoms with Crippen LogP contribution in [0.2, 0.25) is 5.02 Å². The van der Waals surface area contributed by atoms with Gasteiger partial charge in [-0.1, -0.05) is 22.9 Å². The third-order valence-corrected chi connectivity index (χ3v) is 5.82. The van der Waals surface area contributed by atoms with Gasteiger partial charge in [-0.05, 0) is 39.8 Å². The van der Waals surface area contributed by atoms with Gasteiger partial charge in [-0.2, -0.15) is 22.5 Å². The number of hydrogen-bond acceptors (Lipinski definition) is 6. The van der Waals surface area contributed by atoms with Gasteiger partial charge in [-0.15, -0.1) is 10.2 Å². The summed E-state index contributed by atoms with van der Waals surface area (Å²) in [6, 6.07) is 4.24. The van der Waals surface area contributed by atoms with Crippen LogP contribution in [-0.4, -0.2) is 53.8 Å². The van der Waals surface area contributed by atoms with E-state index in [0.717, 1.165) is 16.8 Å². The van der Waals surface area contributed by atoms with E-state index in [1.807, 2.05) is 0 Å². The number of halogens is 4. The Hall–Kier alpha value is -3.41. The van der Waals surface area contributed by atoms with Crippen molar-refractivity contribution in [3.05, 3.63) is 58.0 Å². The molecule has 0 saturated carbocycles. The zero-order valence-electron chi connectivity index (χ0n) is 19.3. The number of aromatic nitrogens is 5. The maximum atomic E-state index is 13.2. The molecule has 1 aromatic carbocycles. The van der Waals surface area contributed by atoms with Crippen LogP contribution in [0.4, 0.5) is 18.0 Å². The minimum absolute atomic E-state index is 0.194. The Morgan fingerprint density at radius 3 is 2.54 bits per heavy atom. The van der Waals surface area contributed by atoms with Gasteiger partial charge >= 0.3 is 12.3 Å². The van der Waals surface area contributed by atoms with Crippen molar-refractivity contribution in [2.45, 2.75) is 51.9 Å². The predicted molar refractivity (Wildman–Crippen MR) is 118 cm³/mol. The Balaban J connectivity index is 1.59. The number of benzene rings is 1. The molecule has 35 heavy (non-hydrogen) atoms. The van der Waals surface area contributed by atoms with Gasteiger partial charge < -0.3 is 9.64 Å². The topological polar surface area (TPSA) is 95.1 Å². The van der Waals surface area contributed by atoms with Crippen LogP contribution in [0, 0.1) is 0 Å². The van der Waals surface area contributed by atoms with Crippen LogP contribution >= 0.6 is 11.6 Å². The monoisotopic (exact) mass is 510 g/mol. The molecule has 1 aliphatic heterocycles. The van der Waals surface area contributed by atoms with Crippen molar-refractivity contribution in [3.8, 4) is 5.82 Å². The van der Waals surface area contributed by atoms with E-state index < -0.39 is 40.4 Å². The van der Waals surface area contributed by atoms with Gasteiger partial charge in [0, 0.05) is 25.2 Å². The lowest BCUT2D eigenvalue weighted by Crippen LogP contribution is -2.39. The summed E-state index contributed by atoms with van der Waals surface area (Å²) in [6.07, 6.45) is -3.58. The summed E-state index contributed by atoms with van der Waals surface area (Å²) in [6.45, 7) is 7.12. The van der Waals surface area contributed by atoms with Crippen LogP contribution in [0.5, 0.6) is 0 Å². The van der Waals surface area contributed by atoms with Crippen molar-refractivity contribution in [1.82, 2.24) is 29.7 Å². The van der Waals surface area contributed by atoms with E-state index in [1.54, 1.807) is 33.8 Å². The maximum Gasteiger partial charge on any atom is 0.435 e. The Kier molecular flexibility index (Phi) is 6.12. The molecule has 1 unspecified atom stereocenters. The predicted octanol–water partition coefficient (Wildman–Crippen LogP) is 4.68. The Labute approximate surface area is 203 Å². The molecule has 1 atom stereocenters. The lowest BCUT2D eigenvalue weighted by atomic mass is 10.0. The molecule has 2 aromatic heterocycles. The highest BCUT2D eigenvalue weighted by Gasteiger charge is 2.38. The minimum Gasteiger partial charge on any atom is -0.442 e. The van der Waals surface area contributed by atoms with E-state index in [0.29, 0.717) is 23.6 Å². The number of ether oxygens (including phenoxy) is 1. The van der Waals surface area contributed by atoms with Crippen LogP contribution in [0.15, 0.2) is 30.5 Å². The highest BCUT2D eigenvalue weighted by Crippen LogP contribution is 2.38. The Bertz CT molecular complexity index is 1290. The fourth-order valence-electron chi connectivity index (χ4n) is 3.81. The highest BCUT2D eigenvalue weighted by molar-refractivity contribution is 6.34. The number of fused-ring (bicyclic) bond motifs is 1. The fourth-order valence-corrected chi connectivity index (χ4v) is 4.12. The van der Waals surface area contributed by atoms with Gasteiger partial charge in [0.05, 0.1) is 27.9 Å². The number of amides is 1. The Morgan fingerprint density at radius 1 is 1.17 bits per heavy atom. The zero-order valence-corrected chi connectivity index (χ0v) is 20.1. The summed E-state index contributed by atoms with van der Waals surface area (Å²) in [5, 5.41) is 11.9. The van der Waals surface area contributed by atoms with E-state index in [2.05, 4.69) is 15.4 Å². The molecule has 4 rings (SSSR count). The van der Waals surface area contributed by atoms with Gasteiger partial charge in [0.1, 0.15) is 11.3 Å². The molecule has 3 heterocycles. The zero-order chi connectivity index (χ0) is 25.7. The molecule has 3 aromatic rings. The van der Waals surface area contributed by atoms with Gasteiger partial charge in [0.2, 0.25) is 0 Å². The molecule has 13 heteroatoms. The quantitative estimate of drug-likeness (QED) is 0.497. The molecule has 0 spiro atoms.